The molecule has 0 rings (SSSR count). The van der Waals surface area contributed by atoms with Crippen molar-refractivity contribution in [3.8, 4) is 0 Å². The van der Waals surface area contributed by atoms with Crippen LogP contribution < -0.4 is 0 Å². The maximum absolute atomic E-state index is 11.0. The fourth-order valence-electron chi connectivity index (χ4n) is 2.41. The molecule has 4 heteroatoms. The van der Waals surface area contributed by atoms with E-state index in [1.165, 1.54) is 0 Å². The van der Waals surface area contributed by atoms with Crippen LogP contribution in [0.25, 0.3) is 0 Å². The van der Waals surface area contributed by atoms with Gasteiger partial charge in [0.05, 0.1) is 18.8 Å². The molecule has 0 spiro atoms. The van der Waals surface area contributed by atoms with E-state index in [4.69, 9.17) is 14.6 Å². The first-order chi connectivity index (χ1) is 11.4. The Morgan fingerprint density at radius 2 is 1.35 bits per heavy atom. The monoisotopic (exact) mass is 374 g/mol. The van der Waals surface area contributed by atoms with Crippen LogP contribution in [0.15, 0.2) is 24.3 Å². The molecule has 0 bridgehead atoms. The molecule has 0 heterocycles. The summed E-state index contributed by atoms with van der Waals surface area (Å²) in [6, 6.07) is 0. The van der Waals surface area contributed by atoms with Crippen LogP contribution in [0.3, 0.4) is 0 Å². The Labute approximate surface area is 163 Å². The van der Waals surface area contributed by atoms with Crippen molar-refractivity contribution in [2.24, 2.45) is 11.8 Å². The molecule has 0 fully saturated rings. The van der Waals surface area contributed by atoms with E-state index in [1.807, 2.05) is 19.1 Å². The molecule has 0 amide bonds. The van der Waals surface area contributed by atoms with Gasteiger partial charge in [0.15, 0.2) is 5.78 Å². The summed E-state index contributed by atoms with van der Waals surface area (Å²) in [5.74, 6) is 0.875. The number of aliphatic hydroxyl groups excluding tert-OH is 1. The number of methoxy groups -OCH3 is 2. The number of rotatable bonds is 11. The Bertz CT molecular complexity index is 342. The van der Waals surface area contributed by atoms with Crippen LogP contribution in [0.1, 0.15) is 68.7 Å². The van der Waals surface area contributed by atoms with Crippen molar-refractivity contribution in [1.29, 1.82) is 0 Å². The minimum atomic E-state index is 0. The molecule has 158 valence electrons. The summed E-state index contributed by atoms with van der Waals surface area (Å²) in [6.07, 6.45) is 10.4. The highest BCUT2D eigenvalue weighted by Gasteiger charge is 2.11. The summed E-state index contributed by atoms with van der Waals surface area (Å²) in [7, 11) is 3.43. The zero-order valence-corrected chi connectivity index (χ0v) is 16.6. The zero-order chi connectivity index (χ0) is 19.0. The van der Waals surface area contributed by atoms with E-state index in [-0.39, 0.29) is 39.5 Å². The molecule has 0 aromatic heterocycles. The summed E-state index contributed by atoms with van der Waals surface area (Å²) in [5, 5.41) is 8.51. The number of aliphatic hydroxyl groups is 1. The van der Waals surface area contributed by atoms with Crippen LogP contribution in [0.2, 0.25) is 0 Å². The number of hydrogen-bond donors (Lipinski definition) is 1. The van der Waals surface area contributed by atoms with Gasteiger partial charge in [-0.3, -0.25) is 4.79 Å². The van der Waals surface area contributed by atoms with Gasteiger partial charge in [-0.2, -0.15) is 0 Å². The maximum atomic E-state index is 11.0. The predicted octanol–water partition coefficient (Wildman–Crippen LogP) is 5.45. The molecular weight excluding hydrogens is 328 g/mol. The molecule has 0 aromatic carbocycles. The van der Waals surface area contributed by atoms with E-state index in [9.17, 15) is 4.79 Å². The molecule has 4 atom stereocenters. The van der Waals surface area contributed by atoms with Gasteiger partial charge in [-0.25, -0.2) is 0 Å². The minimum absolute atomic E-state index is 0. The highest BCUT2D eigenvalue weighted by atomic mass is 16.5. The number of ether oxygens (including phenoxy) is 2. The number of carbonyl (C=O) groups is 1. The fourth-order valence-corrected chi connectivity index (χ4v) is 2.41. The van der Waals surface area contributed by atoms with E-state index >= 15 is 0 Å². The van der Waals surface area contributed by atoms with Gasteiger partial charge < -0.3 is 14.6 Å². The van der Waals surface area contributed by atoms with Gasteiger partial charge in [0, 0.05) is 32.5 Å². The van der Waals surface area contributed by atoms with Gasteiger partial charge in [-0.1, -0.05) is 67.7 Å². The Morgan fingerprint density at radius 3 is 1.65 bits per heavy atom. The highest BCUT2D eigenvalue weighted by molar-refractivity contribution is 5.89. The van der Waals surface area contributed by atoms with Gasteiger partial charge in [-0.05, 0) is 18.9 Å². The Balaban J connectivity index is -0.000000175. The maximum Gasteiger partial charge on any atom is 0.155 e. The third-order valence-corrected chi connectivity index (χ3v) is 4.06. The van der Waals surface area contributed by atoms with Crippen molar-refractivity contribution in [1.82, 2.24) is 0 Å². The van der Waals surface area contributed by atoms with E-state index in [2.05, 4.69) is 27.7 Å². The van der Waals surface area contributed by atoms with Crippen molar-refractivity contribution >= 4 is 5.78 Å². The Morgan fingerprint density at radius 1 is 0.923 bits per heavy atom. The van der Waals surface area contributed by atoms with Crippen LogP contribution in [0, 0.1) is 11.8 Å². The third kappa shape index (κ3) is 16.5. The van der Waals surface area contributed by atoms with Gasteiger partial charge in [-0.15, -0.1) is 0 Å². The first-order valence-corrected chi connectivity index (χ1v) is 8.95. The zero-order valence-electron chi connectivity index (χ0n) is 16.6. The van der Waals surface area contributed by atoms with Gasteiger partial charge in [0.2, 0.25) is 0 Å². The van der Waals surface area contributed by atoms with Crippen molar-refractivity contribution in [2.75, 3.05) is 20.8 Å². The van der Waals surface area contributed by atoms with Gasteiger partial charge >= 0.3 is 0 Å². The average molecular weight is 375 g/mol. The Kier molecular flexibility index (Phi) is 27.7. The predicted molar refractivity (Wildman–Crippen MR) is 115 cm³/mol. The van der Waals surface area contributed by atoms with E-state index in [0.717, 1.165) is 12.8 Å². The van der Waals surface area contributed by atoms with Crippen molar-refractivity contribution in [3.05, 3.63) is 24.3 Å². The molecule has 1 N–H and O–H groups in total. The van der Waals surface area contributed by atoms with E-state index in [1.54, 1.807) is 26.4 Å². The fraction of sp³-hybridized carbons (Fsp3) is 0.773. The van der Waals surface area contributed by atoms with Crippen molar-refractivity contribution in [3.63, 3.8) is 0 Å². The quantitative estimate of drug-likeness (QED) is 0.386. The van der Waals surface area contributed by atoms with Gasteiger partial charge in [0.1, 0.15) is 0 Å². The molecule has 0 aliphatic rings. The van der Waals surface area contributed by atoms with Crippen molar-refractivity contribution in [2.45, 2.75) is 80.9 Å². The molecule has 0 aliphatic carbocycles. The summed E-state index contributed by atoms with van der Waals surface area (Å²) < 4.78 is 10.5. The second kappa shape index (κ2) is 22.1. The summed E-state index contributed by atoms with van der Waals surface area (Å²) >= 11 is 0. The van der Waals surface area contributed by atoms with Crippen LogP contribution >= 0.6 is 0 Å². The molecule has 26 heavy (non-hydrogen) atoms. The molecule has 0 aromatic rings. The molecule has 0 aliphatic heterocycles. The lowest BCUT2D eigenvalue weighted by Gasteiger charge is -2.17. The van der Waals surface area contributed by atoms with Crippen molar-refractivity contribution < 1.29 is 19.4 Å². The second-order valence-corrected chi connectivity index (χ2v) is 5.87. The first kappa shape index (κ1) is 32.7. The van der Waals surface area contributed by atoms with E-state index in [0.29, 0.717) is 18.3 Å². The van der Waals surface area contributed by atoms with Crippen LogP contribution in [-0.2, 0) is 14.3 Å². The topological polar surface area (TPSA) is 55.8 Å². The summed E-state index contributed by atoms with van der Waals surface area (Å²) in [5.41, 5.74) is 0. The lowest BCUT2D eigenvalue weighted by molar-refractivity contribution is -0.114. The summed E-state index contributed by atoms with van der Waals surface area (Å²) in [4.78, 5) is 11.0. The lowest BCUT2D eigenvalue weighted by atomic mass is 10.0. The number of hydrogen-bond acceptors (Lipinski definition) is 4. The molecular formula is C22H46O4. The molecule has 4 nitrogen and oxygen atoms in total. The molecule has 0 saturated heterocycles. The van der Waals surface area contributed by atoms with Crippen LogP contribution in [0.5, 0.6) is 0 Å². The smallest absolute Gasteiger partial charge is 0.155 e. The minimum Gasteiger partial charge on any atom is -0.392 e. The normalized spacial score (nSPS) is 15.2. The standard InChI is InChI=1S/C11H20O2.C9H18O2.2CH4/c1-5-10(12)8-7-9(3)11(6-2)13-4;1-4-9(11-3)8(2)6-5-7-10;;/h7-9,11H,5-6H2,1-4H3;5-6,8-10H,4,7H2,1-3H3;2*1H4/b8-7+;6-5+;;/t9-,11-;8-,9-;;/m11../s1. The van der Waals surface area contributed by atoms with Crippen LogP contribution in [0.4, 0.5) is 0 Å². The average Bonchev–Trinajstić information content (AvgIpc) is 2.60. The number of carbonyl (C=O) groups excluding carboxylic acids is 1. The number of allylic oxidation sites excluding steroid dienone is 1. The molecule has 0 unspecified atom stereocenters. The van der Waals surface area contributed by atoms with Gasteiger partial charge in [0.25, 0.3) is 0 Å². The van der Waals surface area contributed by atoms with Crippen LogP contribution in [-0.4, -0.2) is 43.9 Å². The second-order valence-electron chi connectivity index (χ2n) is 5.87. The lowest BCUT2D eigenvalue weighted by Crippen LogP contribution is -2.17. The highest BCUT2D eigenvalue weighted by Crippen LogP contribution is 2.12. The summed E-state index contributed by atoms with van der Waals surface area (Å²) in [6.45, 7) is 10.3. The number of ketones is 1. The Hall–Kier alpha value is -0.970. The SMILES string of the molecule is C.C.CCC(=O)/C=C/[C@@H](C)[C@@H](CC)OC.CC[C@@H](OC)[C@H](C)/C=C/CO. The largest absolute Gasteiger partial charge is 0.392 e. The molecule has 0 radical (unpaired) electrons. The first-order valence-electron chi connectivity index (χ1n) is 8.95. The van der Waals surface area contributed by atoms with E-state index < -0.39 is 0 Å². The third-order valence-electron chi connectivity index (χ3n) is 4.06. The molecule has 0 saturated carbocycles.